The van der Waals surface area contributed by atoms with Gasteiger partial charge in [-0.2, -0.15) is 0 Å². The van der Waals surface area contributed by atoms with Crippen molar-refractivity contribution in [2.24, 2.45) is 0 Å². The van der Waals surface area contributed by atoms with Gasteiger partial charge in [0.05, 0.1) is 0 Å². The number of nitrogens with zero attached hydrogens (tertiary/aromatic N) is 2. The Hall–Kier alpha value is -2.54. The van der Waals surface area contributed by atoms with Gasteiger partial charge in [0.15, 0.2) is 11.6 Å². The Morgan fingerprint density at radius 2 is 1.40 bits per heavy atom. The van der Waals surface area contributed by atoms with Crippen LogP contribution in [-0.4, -0.2) is 54.0 Å². The minimum Gasteiger partial charge on any atom is -0.487 e. The van der Waals surface area contributed by atoms with Crippen LogP contribution < -0.4 is 4.74 Å². The van der Waals surface area contributed by atoms with Crippen LogP contribution in [0.25, 0.3) is 0 Å². The Morgan fingerprint density at radius 3 is 2.03 bits per heavy atom. The third kappa shape index (κ3) is 4.46. The van der Waals surface area contributed by atoms with Gasteiger partial charge < -0.3 is 9.64 Å². The van der Waals surface area contributed by atoms with Crippen molar-refractivity contribution < 1.29 is 22.7 Å². The van der Waals surface area contributed by atoms with Crippen molar-refractivity contribution in [3.05, 3.63) is 65.5 Å². The molecule has 2 aliphatic heterocycles. The summed E-state index contributed by atoms with van der Waals surface area (Å²) in [5, 5.41) is 0. The van der Waals surface area contributed by atoms with E-state index in [4.69, 9.17) is 4.74 Å². The average Bonchev–Trinajstić information content (AvgIpc) is 2.76. The highest BCUT2D eigenvalue weighted by atomic mass is 19.1. The number of carbonyl (C=O) groups excluding carboxylic acids is 1. The number of hydrogen-bond acceptors (Lipinski definition) is 3. The molecule has 0 atom stereocenters. The summed E-state index contributed by atoms with van der Waals surface area (Å²) >= 11 is 0. The average molecular weight is 418 g/mol. The summed E-state index contributed by atoms with van der Waals surface area (Å²) in [6.45, 7) is 2.64. The van der Waals surface area contributed by atoms with E-state index in [0.29, 0.717) is 24.9 Å². The van der Waals surface area contributed by atoms with Crippen molar-refractivity contribution in [3.63, 3.8) is 0 Å². The van der Waals surface area contributed by atoms with Gasteiger partial charge in [0.2, 0.25) is 0 Å². The highest BCUT2D eigenvalue weighted by Crippen LogP contribution is 2.26. The summed E-state index contributed by atoms with van der Waals surface area (Å²) in [7, 11) is 0. The van der Waals surface area contributed by atoms with Crippen LogP contribution in [0, 0.1) is 17.5 Å². The lowest BCUT2D eigenvalue weighted by molar-refractivity contribution is 0.0412. The SMILES string of the molecule is O=C(c1c(F)cccc1F)N1CCC(N2CCC(Oc3ccccc3F)CC2)CC1. The van der Waals surface area contributed by atoms with Crippen LogP contribution in [0.3, 0.4) is 0 Å². The van der Waals surface area contributed by atoms with Crippen molar-refractivity contribution in [1.29, 1.82) is 0 Å². The van der Waals surface area contributed by atoms with Crippen molar-refractivity contribution in [2.45, 2.75) is 37.8 Å². The number of benzene rings is 2. The van der Waals surface area contributed by atoms with Crippen molar-refractivity contribution in [3.8, 4) is 5.75 Å². The minimum absolute atomic E-state index is 0.0103. The molecule has 0 N–H and O–H groups in total. The number of likely N-dealkylation sites (tertiary alicyclic amines) is 2. The fourth-order valence-electron chi connectivity index (χ4n) is 4.37. The summed E-state index contributed by atoms with van der Waals surface area (Å²) in [4.78, 5) is 16.5. The molecule has 0 radical (unpaired) electrons. The molecule has 2 fully saturated rings. The lowest BCUT2D eigenvalue weighted by Gasteiger charge is -2.41. The fourth-order valence-corrected chi connectivity index (χ4v) is 4.37. The minimum atomic E-state index is -0.820. The third-order valence-electron chi connectivity index (χ3n) is 6.05. The molecule has 30 heavy (non-hydrogen) atoms. The Kier molecular flexibility index (Phi) is 6.27. The van der Waals surface area contributed by atoms with Gasteiger partial charge in [-0.3, -0.25) is 9.69 Å². The molecule has 7 heteroatoms. The predicted molar refractivity (Wildman–Crippen MR) is 107 cm³/mol. The summed E-state index contributed by atoms with van der Waals surface area (Å²) < 4.78 is 47.4. The molecule has 0 unspecified atom stereocenters. The summed E-state index contributed by atoms with van der Waals surface area (Å²) in [6.07, 6.45) is 3.15. The molecule has 4 nitrogen and oxygen atoms in total. The maximum atomic E-state index is 13.9. The van der Waals surface area contributed by atoms with Crippen LogP contribution >= 0.6 is 0 Å². The molecular formula is C23H25F3N2O2. The van der Waals surface area contributed by atoms with Crippen molar-refractivity contribution >= 4 is 5.91 Å². The van der Waals surface area contributed by atoms with Gasteiger partial charge in [0.1, 0.15) is 23.3 Å². The summed E-state index contributed by atoms with van der Waals surface area (Å²) in [6, 6.07) is 10.2. The smallest absolute Gasteiger partial charge is 0.259 e. The third-order valence-corrected chi connectivity index (χ3v) is 6.05. The highest BCUT2D eigenvalue weighted by molar-refractivity contribution is 5.94. The normalized spacial score (nSPS) is 19.1. The second-order valence-corrected chi connectivity index (χ2v) is 7.90. The lowest BCUT2D eigenvalue weighted by Crippen LogP contribution is -2.50. The van der Waals surface area contributed by atoms with Crippen LogP contribution in [-0.2, 0) is 0 Å². The standard InChI is InChI=1S/C23H25F3N2O2/c24-18-4-1-2-7-21(18)30-17-10-14-27(15-11-17)16-8-12-28(13-9-16)23(29)22-19(25)5-3-6-20(22)26/h1-7,16-17H,8-15H2. The van der Waals surface area contributed by atoms with Gasteiger partial charge in [0.25, 0.3) is 5.91 Å². The summed E-state index contributed by atoms with van der Waals surface area (Å²) in [5.74, 6) is -2.27. The zero-order valence-corrected chi connectivity index (χ0v) is 16.7. The molecule has 0 aliphatic carbocycles. The number of amides is 1. The molecule has 2 heterocycles. The van der Waals surface area contributed by atoms with E-state index in [2.05, 4.69) is 4.90 Å². The molecule has 0 saturated carbocycles. The molecule has 2 saturated heterocycles. The highest BCUT2D eigenvalue weighted by Gasteiger charge is 2.32. The van der Waals surface area contributed by atoms with Crippen LogP contribution in [0.4, 0.5) is 13.2 Å². The van der Waals surface area contributed by atoms with E-state index in [-0.39, 0.29) is 11.9 Å². The van der Waals surface area contributed by atoms with E-state index in [0.717, 1.165) is 50.9 Å². The molecular weight excluding hydrogens is 393 g/mol. The largest absolute Gasteiger partial charge is 0.487 e. The molecule has 2 aromatic rings. The Labute approximate surface area is 174 Å². The van der Waals surface area contributed by atoms with E-state index in [1.165, 1.54) is 17.0 Å². The van der Waals surface area contributed by atoms with Crippen molar-refractivity contribution in [2.75, 3.05) is 26.2 Å². The van der Waals surface area contributed by atoms with Crippen LogP contribution in [0.15, 0.2) is 42.5 Å². The van der Waals surface area contributed by atoms with Crippen molar-refractivity contribution in [1.82, 2.24) is 9.80 Å². The Bertz CT molecular complexity index is 872. The van der Waals surface area contributed by atoms with Crippen LogP contribution in [0.5, 0.6) is 5.75 Å². The second-order valence-electron chi connectivity index (χ2n) is 7.90. The fraction of sp³-hybridized carbons (Fsp3) is 0.435. The maximum Gasteiger partial charge on any atom is 0.259 e. The van der Waals surface area contributed by atoms with Gasteiger partial charge in [-0.05, 0) is 49.9 Å². The maximum absolute atomic E-state index is 13.9. The molecule has 0 aromatic heterocycles. The first kappa shape index (κ1) is 20.7. The number of para-hydroxylation sites is 1. The molecule has 1 amide bonds. The zero-order chi connectivity index (χ0) is 21.1. The first-order chi connectivity index (χ1) is 14.5. The molecule has 4 rings (SSSR count). The van der Waals surface area contributed by atoms with Gasteiger partial charge in [-0.15, -0.1) is 0 Å². The van der Waals surface area contributed by atoms with E-state index in [1.54, 1.807) is 18.2 Å². The number of rotatable bonds is 4. The quantitative estimate of drug-likeness (QED) is 0.744. The van der Waals surface area contributed by atoms with Gasteiger partial charge in [-0.25, -0.2) is 13.2 Å². The number of halogens is 3. The van der Waals surface area contributed by atoms with E-state index < -0.39 is 23.1 Å². The van der Waals surface area contributed by atoms with Gasteiger partial charge in [-0.1, -0.05) is 18.2 Å². The Morgan fingerprint density at radius 1 is 0.800 bits per heavy atom. The number of hydrogen-bond donors (Lipinski definition) is 0. The second kappa shape index (κ2) is 9.08. The number of ether oxygens (including phenoxy) is 1. The summed E-state index contributed by atoms with van der Waals surface area (Å²) in [5.41, 5.74) is -0.470. The molecule has 0 bridgehead atoms. The zero-order valence-electron chi connectivity index (χ0n) is 16.7. The lowest BCUT2D eigenvalue weighted by atomic mass is 9.98. The van der Waals surface area contributed by atoms with Gasteiger partial charge in [0, 0.05) is 32.2 Å². The molecule has 160 valence electrons. The Balaban J connectivity index is 1.27. The number of carbonyl (C=O) groups is 1. The predicted octanol–water partition coefficient (Wildman–Crippen LogP) is 4.25. The first-order valence-corrected chi connectivity index (χ1v) is 10.4. The van der Waals surface area contributed by atoms with E-state index >= 15 is 0 Å². The van der Waals surface area contributed by atoms with E-state index in [1.807, 2.05) is 0 Å². The van der Waals surface area contributed by atoms with Crippen LogP contribution in [0.1, 0.15) is 36.0 Å². The molecule has 0 spiro atoms. The monoisotopic (exact) mass is 418 g/mol. The topological polar surface area (TPSA) is 32.8 Å². The van der Waals surface area contributed by atoms with Crippen LogP contribution in [0.2, 0.25) is 0 Å². The molecule has 2 aromatic carbocycles. The van der Waals surface area contributed by atoms with E-state index in [9.17, 15) is 18.0 Å². The number of piperidine rings is 2. The first-order valence-electron chi connectivity index (χ1n) is 10.4. The van der Waals surface area contributed by atoms with Gasteiger partial charge >= 0.3 is 0 Å². The molecule has 2 aliphatic rings.